The lowest BCUT2D eigenvalue weighted by Gasteiger charge is -2.09. The van der Waals surface area contributed by atoms with Gasteiger partial charge >= 0.3 is 5.69 Å². The number of nitrogens with one attached hydrogen (secondary N) is 1. The quantitative estimate of drug-likeness (QED) is 0.345. The molecule has 0 aliphatic heterocycles. The maximum Gasteiger partial charge on any atom is 0.329 e. The Bertz CT molecular complexity index is 1430. The van der Waals surface area contributed by atoms with E-state index in [-0.39, 0.29) is 18.1 Å². The topological polar surface area (TPSA) is 77.1 Å². The number of hydrogen-bond acceptors (Lipinski definition) is 4. The molecule has 4 rings (SSSR count). The molecule has 0 aliphatic rings. The van der Waals surface area contributed by atoms with E-state index >= 15 is 0 Å². The van der Waals surface area contributed by atoms with Crippen LogP contribution >= 0.6 is 0 Å². The number of aryl methyl sites for hydroxylation is 3. The van der Waals surface area contributed by atoms with Gasteiger partial charge in [0.2, 0.25) is 5.91 Å². The van der Waals surface area contributed by atoms with Gasteiger partial charge in [-0.15, -0.1) is 0 Å². The molecule has 0 radical (unpaired) electrons. The van der Waals surface area contributed by atoms with Crippen LogP contribution in [0.15, 0.2) is 53.5 Å². The zero-order chi connectivity index (χ0) is 25.8. The molecule has 36 heavy (non-hydrogen) atoms. The van der Waals surface area contributed by atoms with Crippen LogP contribution in [-0.2, 0) is 24.4 Å². The molecule has 4 aromatic rings. The maximum atomic E-state index is 12.9. The third kappa shape index (κ3) is 5.28. The molecular formula is C28H36N6O2. The number of hydrogen-bond donors (Lipinski definition) is 1. The fraction of sp³-hybridized carbons (Fsp3) is 0.393. The average molecular weight is 489 g/mol. The highest BCUT2D eigenvalue weighted by atomic mass is 16.2. The van der Waals surface area contributed by atoms with Crippen LogP contribution in [0.4, 0.5) is 0 Å². The maximum absolute atomic E-state index is 12.9. The van der Waals surface area contributed by atoms with Crippen LogP contribution in [-0.4, -0.2) is 56.9 Å². The number of rotatable bonds is 10. The van der Waals surface area contributed by atoms with Gasteiger partial charge in [0.1, 0.15) is 12.2 Å². The van der Waals surface area contributed by atoms with E-state index in [0.29, 0.717) is 19.6 Å². The lowest BCUT2D eigenvalue weighted by Crippen LogP contribution is -2.30. The van der Waals surface area contributed by atoms with Gasteiger partial charge in [-0.2, -0.15) is 5.10 Å². The zero-order valence-electron chi connectivity index (χ0n) is 21.9. The largest absolute Gasteiger partial charge is 0.354 e. The zero-order valence-corrected chi connectivity index (χ0v) is 21.9. The van der Waals surface area contributed by atoms with Crippen LogP contribution in [0.3, 0.4) is 0 Å². The highest BCUT2D eigenvalue weighted by Crippen LogP contribution is 2.33. The van der Waals surface area contributed by atoms with Crippen molar-refractivity contribution in [3.8, 4) is 22.4 Å². The average Bonchev–Trinajstić information content (AvgIpc) is 3.38. The van der Waals surface area contributed by atoms with Gasteiger partial charge in [-0.1, -0.05) is 29.8 Å². The van der Waals surface area contributed by atoms with Crippen LogP contribution in [0.25, 0.3) is 33.4 Å². The van der Waals surface area contributed by atoms with Crippen molar-refractivity contribution in [3.63, 3.8) is 0 Å². The molecule has 0 atom stereocenters. The molecule has 0 fully saturated rings. The summed E-state index contributed by atoms with van der Waals surface area (Å²) in [4.78, 5) is 27.6. The van der Waals surface area contributed by atoms with E-state index in [2.05, 4.69) is 35.3 Å². The summed E-state index contributed by atoms with van der Waals surface area (Å²) in [5.74, 6) is -0.0612. The monoisotopic (exact) mass is 488 g/mol. The fourth-order valence-electron chi connectivity index (χ4n) is 4.64. The molecule has 190 valence electrons. The van der Waals surface area contributed by atoms with E-state index in [1.807, 2.05) is 58.4 Å². The lowest BCUT2D eigenvalue weighted by molar-refractivity contribution is -0.121. The number of carbonyl (C=O) groups excluding carboxylic acids is 1. The minimum absolute atomic E-state index is 0.00712. The highest BCUT2D eigenvalue weighted by molar-refractivity contribution is 5.88. The Labute approximate surface area is 212 Å². The van der Waals surface area contributed by atoms with Crippen molar-refractivity contribution in [3.05, 3.63) is 64.7 Å². The SMILES string of the molecule is CCn1c(=O)n(CC)c2cc(-c3cn(CC(=O)NCCCN(C)C)nc3-c3cccc(C)c3)ccc21. The number of benzene rings is 2. The number of imidazole rings is 1. The number of amides is 1. The fourth-order valence-corrected chi connectivity index (χ4v) is 4.64. The van der Waals surface area contributed by atoms with E-state index in [1.165, 1.54) is 0 Å². The smallest absolute Gasteiger partial charge is 0.329 e. The minimum atomic E-state index is -0.0612. The molecule has 8 nitrogen and oxygen atoms in total. The Morgan fingerprint density at radius 3 is 2.44 bits per heavy atom. The van der Waals surface area contributed by atoms with E-state index in [1.54, 1.807) is 13.8 Å². The molecule has 0 unspecified atom stereocenters. The van der Waals surface area contributed by atoms with Crippen molar-refractivity contribution < 1.29 is 4.79 Å². The number of nitrogens with zero attached hydrogens (tertiary/aromatic N) is 5. The Kier molecular flexibility index (Phi) is 7.74. The Balaban J connectivity index is 1.72. The predicted octanol–water partition coefficient (Wildman–Crippen LogP) is 3.75. The van der Waals surface area contributed by atoms with E-state index in [9.17, 15) is 9.59 Å². The summed E-state index contributed by atoms with van der Waals surface area (Å²) in [6.07, 6.45) is 2.83. The molecule has 1 amide bonds. The highest BCUT2D eigenvalue weighted by Gasteiger charge is 2.18. The normalized spacial score (nSPS) is 11.5. The van der Waals surface area contributed by atoms with Gasteiger partial charge in [-0.05, 0) is 71.6 Å². The predicted molar refractivity (Wildman–Crippen MR) is 145 cm³/mol. The van der Waals surface area contributed by atoms with Crippen molar-refractivity contribution in [1.82, 2.24) is 29.1 Å². The molecule has 0 bridgehead atoms. The van der Waals surface area contributed by atoms with E-state index in [4.69, 9.17) is 5.10 Å². The van der Waals surface area contributed by atoms with Crippen molar-refractivity contribution in [1.29, 1.82) is 0 Å². The number of fused-ring (bicyclic) bond motifs is 1. The Morgan fingerprint density at radius 1 is 1.00 bits per heavy atom. The summed E-state index contributed by atoms with van der Waals surface area (Å²) >= 11 is 0. The van der Waals surface area contributed by atoms with E-state index in [0.717, 1.165) is 51.9 Å². The van der Waals surface area contributed by atoms with Crippen LogP contribution in [0.1, 0.15) is 25.8 Å². The van der Waals surface area contributed by atoms with Gasteiger partial charge in [-0.25, -0.2) is 4.79 Å². The molecule has 2 aromatic carbocycles. The van der Waals surface area contributed by atoms with Crippen molar-refractivity contribution in [2.75, 3.05) is 27.2 Å². The second-order valence-corrected chi connectivity index (χ2v) is 9.44. The first-order valence-corrected chi connectivity index (χ1v) is 12.6. The van der Waals surface area contributed by atoms with Gasteiger partial charge in [0.25, 0.3) is 0 Å². The molecule has 2 heterocycles. The number of aromatic nitrogens is 4. The van der Waals surface area contributed by atoms with Crippen LogP contribution < -0.4 is 11.0 Å². The molecule has 0 aliphatic carbocycles. The summed E-state index contributed by atoms with van der Waals surface area (Å²) < 4.78 is 5.32. The summed E-state index contributed by atoms with van der Waals surface area (Å²) in [5, 5.41) is 7.82. The Hall–Kier alpha value is -3.65. The van der Waals surface area contributed by atoms with Crippen molar-refractivity contribution in [2.45, 2.75) is 46.8 Å². The first kappa shape index (κ1) is 25.4. The first-order chi connectivity index (χ1) is 17.3. The lowest BCUT2D eigenvalue weighted by atomic mass is 10.0. The van der Waals surface area contributed by atoms with Crippen LogP contribution in [0.2, 0.25) is 0 Å². The summed E-state index contributed by atoms with van der Waals surface area (Å²) in [7, 11) is 4.04. The standard InChI is InChI=1S/C28H36N6O2/c1-6-33-24-13-12-21(17-25(24)34(7-2)28(33)36)23-18-32(19-26(35)29-14-9-15-31(4)5)30-27(23)22-11-8-10-20(3)16-22/h8,10-13,16-18H,6-7,9,14-15,19H2,1-5H3,(H,29,35). The van der Waals surface area contributed by atoms with Crippen LogP contribution in [0, 0.1) is 6.92 Å². The second-order valence-electron chi connectivity index (χ2n) is 9.44. The molecule has 0 saturated heterocycles. The Morgan fingerprint density at radius 2 is 1.75 bits per heavy atom. The molecule has 0 saturated carbocycles. The molecule has 8 heteroatoms. The van der Waals surface area contributed by atoms with Gasteiger partial charge < -0.3 is 10.2 Å². The van der Waals surface area contributed by atoms with Gasteiger partial charge in [0.05, 0.1) is 11.0 Å². The van der Waals surface area contributed by atoms with Crippen molar-refractivity contribution >= 4 is 16.9 Å². The molecule has 2 aromatic heterocycles. The van der Waals surface area contributed by atoms with Gasteiger partial charge in [0, 0.05) is 37.0 Å². The third-order valence-electron chi connectivity index (χ3n) is 6.43. The number of carbonyl (C=O) groups is 1. The van der Waals surface area contributed by atoms with Gasteiger partial charge in [-0.3, -0.25) is 18.6 Å². The van der Waals surface area contributed by atoms with Crippen LogP contribution in [0.5, 0.6) is 0 Å². The second kappa shape index (κ2) is 11.0. The summed E-state index contributed by atoms with van der Waals surface area (Å²) in [6, 6.07) is 14.3. The molecule has 0 spiro atoms. The third-order valence-corrected chi connectivity index (χ3v) is 6.43. The van der Waals surface area contributed by atoms with Crippen molar-refractivity contribution in [2.24, 2.45) is 0 Å². The summed E-state index contributed by atoms with van der Waals surface area (Å²) in [5.41, 5.74) is 6.69. The first-order valence-electron chi connectivity index (χ1n) is 12.6. The molecular weight excluding hydrogens is 452 g/mol. The molecule has 1 N–H and O–H groups in total. The van der Waals surface area contributed by atoms with Gasteiger partial charge in [0.15, 0.2) is 0 Å². The van der Waals surface area contributed by atoms with E-state index < -0.39 is 0 Å². The summed E-state index contributed by atoms with van der Waals surface area (Å²) in [6.45, 7) is 8.96. The minimum Gasteiger partial charge on any atom is -0.354 e.